The number of halogens is 1. The van der Waals surface area contributed by atoms with Gasteiger partial charge in [0.25, 0.3) is 0 Å². The van der Waals surface area contributed by atoms with Crippen molar-refractivity contribution in [1.82, 2.24) is 14.9 Å². The van der Waals surface area contributed by atoms with Crippen LogP contribution >= 0.6 is 0 Å². The average Bonchev–Trinajstić information content (AvgIpc) is 2.81. The van der Waals surface area contributed by atoms with Crippen LogP contribution in [0.5, 0.6) is 0 Å². The lowest BCUT2D eigenvalue weighted by Gasteiger charge is -2.20. The zero-order valence-electron chi connectivity index (χ0n) is 11.8. The molecule has 20 heavy (non-hydrogen) atoms. The van der Waals surface area contributed by atoms with Crippen LogP contribution in [0.3, 0.4) is 0 Å². The molecule has 1 heterocycles. The van der Waals surface area contributed by atoms with Crippen LogP contribution in [0.1, 0.15) is 31.3 Å². The van der Waals surface area contributed by atoms with E-state index in [1.807, 2.05) is 25.5 Å². The number of carbonyl (C=O) groups excluding carboxylic acids is 1. The maximum atomic E-state index is 13.4. The van der Waals surface area contributed by atoms with E-state index in [1.54, 1.807) is 24.5 Å². The molecule has 4 nitrogen and oxygen atoms in total. The van der Waals surface area contributed by atoms with Gasteiger partial charge in [0, 0.05) is 25.4 Å². The Labute approximate surface area is 117 Å². The molecule has 0 aliphatic carbocycles. The van der Waals surface area contributed by atoms with Crippen LogP contribution in [0.4, 0.5) is 4.39 Å². The summed E-state index contributed by atoms with van der Waals surface area (Å²) < 4.78 is 15.2. The van der Waals surface area contributed by atoms with E-state index in [0.29, 0.717) is 11.4 Å². The fraction of sp³-hybridized carbons (Fsp3) is 0.333. The summed E-state index contributed by atoms with van der Waals surface area (Å²) >= 11 is 0. The van der Waals surface area contributed by atoms with E-state index in [9.17, 15) is 9.18 Å². The summed E-state index contributed by atoms with van der Waals surface area (Å²) in [6.07, 6.45) is 3.45. The number of imidazole rings is 1. The first-order valence-electron chi connectivity index (χ1n) is 6.52. The number of hydrogen-bond donors (Lipinski definition) is 1. The number of aryl methyl sites for hydroxylation is 1. The van der Waals surface area contributed by atoms with E-state index in [-0.39, 0.29) is 17.6 Å². The number of rotatable bonds is 4. The van der Waals surface area contributed by atoms with E-state index in [4.69, 9.17) is 0 Å². The normalized spacial score (nSPS) is 12.4. The quantitative estimate of drug-likeness (QED) is 0.931. The first-order chi connectivity index (χ1) is 9.49. The van der Waals surface area contributed by atoms with Gasteiger partial charge < -0.3 is 9.88 Å². The van der Waals surface area contributed by atoms with Gasteiger partial charge in [-0.15, -0.1) is 0 Å². The molecule has 1 aromatic heterocycles. The maximum Gasteiger partial charge on any atom is 0.223 e. The number of carbonyl (C=O) groups is 1. The molecule has 0 aliphatic heterocycles. The van der Waals surface area contributed by atoms with Crippen molar-refractivity contribution >= 4 is 5.91 Å². The van der Waals surface area contributed by atoms with Crippen molar-refractivity contribution in [3.8, 4) is 0 Å². The topological polar surface area (TPSA) is 46.9 Å². The molecule has 1 unspecified atom stereocenters. The molecular weight excluding hydrogens is 257 g/mol. The molecule has 106 valence electrons. The third-order valence-corrected chi connectivity index (χ3v) is 3.11. The van der Waals surface area contributed by atoms with Crippen LogP contribution in [-0.2, 0) is 11.8 Å². The van der Waals surface area contributed by atoms with E-state index in [2.05, 4.69) is 10.3 Å². The smallest absolute Gasteiger partial charge is 0.223 e. The van der Waals surface area contributed by atoms with Gasteiger partial charge in [-0.3, -0.25) is 4.79 Å². The first kappa shape index (κ1) is 14.2. The predicted octanol–water partition coefficient (Wildman–Crippen LogP) is 2.42. The highest BCUT2D eigenvalue weighted by molar-refractivity contribution is 5.78. The van der Waals surface area contributed by atoms with Gasteiger partial charge in [0.05, 0.1) is 0 Å². The second-order valence-corrected chi connectivity index (χ2v) is 5.05. The second-order valence-electron chi connectivity index (χ2n) is 5.05. The average molecular weight is 275 g/mol. The molecule has 0 fully saturated rings. The van der Waals surface area contributed by atoms with Crippen molar-refractivity contribution in [2.24, 2.45) is 13.0 Å². The highest BCUT2D eigenvalue weighted by atomic mass is 19.1. The lowest BCUT2D eigenvalue weighted by Crippen LogP contribution is -2.33. The van der Waals surface area contributed by atoms with Crippen LogP contribution in [0, 0.1) is 11.7 Å². The molecule has 0 bridgehead atoms. The Morgan fingerprint density at radius 3 is 2.70 bits per heavy atom. The minimum Gasteiger partial charge on any atom is -0.342 e. The molecule has 1 amide bonds. The van der Waals surface area contributed by atoms with Gasteiger partial charge in [0.1, 0.15) is 17.7 Å². The number of nitrogens with zero attached hydrogens (tertiary/aromatic N) is 2. The number of nitrogens with one attached hydrogen (secondary N) is 1. The number of amides is 1. The van der Waals surface area contributed by atoms with E-state index < -0.39 is 6.04 Å². The number of aromatic nitrogens is 2. The van der Waals surface area contributed by atoms with Crippen molar-refractivity contribution in [1.29, 1.82) is 0 Å². The van der Waals surface area contributed by atoms with Gasteiger partial charge in [-0.2, -0.15) is 0 Å². The van der Waals surface area contributed by atoms with Crippen LogP contribution in [0.25, 0.3) is 0 Å². The first-order valence-corrected chi connectivity index (χ1v) is 6.52. The summed E-state index contributed by atoms with van der Waals surface area (Å²) in [5, 5.41) is 2.91. The Hall–Kier alpha value is -2.17. The molecular formula is C15H18FN3O. The van der Waals surface area contributed by atoms with Crippen molar-refractivity contribution in [2.45, 2.75) is 19.9 Å². The molecule has 1 atom stereocenters. The lowest BCUT2D eigenvalue weighted by molar-refractivity contribution is -0.124. The van der Waals surface area contributed by atoms with Gasteiger partial charge in [0.15, 0.2) is 0 Å². The van der Waals surface area contributed by atoms with Gasteiger partial charge in [-0.25, -0.2) is 9.37 Å². The monoisotopic (exact) mass is 275 g/mol. The van der Waals surface area contributed by atoms with Gasteiger partial charge >= 0.3 is 0 Å². The third kappa shape index (κ3) is 3.04. The Balaban J connectivity index is 2.39. The van der Waals surface area contributed by atoms with Crippen molar-refractivity contribution < 1.29 is 9.18 Å². The van der Waals surface area contributed by atoms with Gasteiger partial charge in [-0.05, 0) is 17.7 Å². The Morgan fingerprint density at radius 2 is 2.15 bits per heavy atom. The summed E-state index contributed by atoms with van der Waals surface area (Å²) in [7, 11) is 1.84. The maximum absolute atomic E-state index is 13.4. The lowest BCUT2D eigenvalue weighted by atomic mass is 10.0. The van der Waals surface area contributed by atoms with E-state index in [1.165, 1.54) is 12.1 Å². The number of benzene rings is 1. The Bertz CT molecular complexity index is 607. The van der Waals surface area contributed by atoms with E-state index >= 15 is 0 Å². The SMILES string of the molecule is CC(C)C(=O)NC(c1cccc(F)c1)c1nccn1C. The molecule has 0 aliphatic rings. The standard InChI is InChI=1S/C15H18FN3O/c1-10(2)15(20)18-13(14-17-7-8-19(14)3)11-5-4-6-12(16)9-11/h4-10,13H,1-3H3,(H,18,20). The summed E-state index contributed by atoms with van der Waals surface area (Å²) in [6, 6.07) is 5.74. The Morgan fingerprint density at radius 1 is 1.40 bits per heavy atom. The van der Waals surface area contributed by atoms with Crippen LogP contribution in [0.2, 0.25) is 0 Å². The van der Waals surface area contributed by atoms with Crippen molar-refractivity contribution in [3.63, 3.8) is 0 Å². The van der Waals surface area contributed by atoms with Crippen molar-refractivity contribution in [2.75, 3.05) is 0 Å². The molecule has 0 radical (unpaired) electrons. The highest BCUT2D eigenvalue weighted by Gasteiger charge is 2.22. The molecule has 5 heteroatoms. The summed E-state index contributed by atoms with van der Waals surface area (Å²) in [4.78, 5) is 16.2. The van der Waals surface area contributed by atoms with Crippen molar-refractivity contribution in [3.05, 3.63) is 53.9 Å². The van der Waals surface area contributed by atoms with Gasteiger partial charge in [-0.1, -0.05) is 26.0 Å². The molecule has 2 rings (SSSR count). The zero-order valence-corrected chi connectivity index (χ0v) is 11.8. The van der Waals surface area contributed by atoms with Crippen LogP contribution in [0.15, 0.2) is 36.7 Å². The summed E-state index contributed by atoms with van der Waals surface area (Å²) in [5.41, 5.74) is 0.674. The van der Waals surface area contributed by atoms with Crippen LogP contribution < -0.4 is 5.32 Å². The molecule has 0 saturated carbocycles. The molecule has 1 aromatic carbocycles. The second kappa shape index (κ2) is 5.86. The Kier molecular flexibility index (Phi) is 4.17. The summed E-state index contributed by atoms with van der Waals surface area (Å²) in [5.74, 6) is 0.0960. The largest absolute Gasteiger partial charge is 0.342 e. The molecule has 1 N–H and O–H groups in total. The minimum absolute atomic E-state index is 0.0951. The predicted molar refractivity (Wildman–Crippen MR) is 74.4 cm³/mol. The minimum atomic E-state index is -0.458. The number of hydrogen-bond acceptors (Lipinski definition) is 2. The molecule has 0 spiro atoms. The zero-order chi connectivity index (χ0) is 14.7. The fourth-order valence-electron chi connectivity index (χ4n) is 1.95. The summed E-state index contributed by atoms with van der Waals surface area (Å²) in [6.45, 7) is 3.63. The van der Waals surface area contributed by atoms with Gasteiger partial charge in [0.2, 0.25) is 5.91 Å². The van der Waals surface area contributed by atoms with Crippen LogP contribution in [-0.4, -0.2) is 15.5 Å². The van der Waals surface area contributed by atoms with E-state index in [0.717, 1.165) is 0 Å². The third-order valence-electron chi connectivity index (χ3n) is 3.11. The molecule has 0 saturated heterocycles. The fourth-order valence-corrected chi connectivity index (χ4v) is 1.95. The molecule has 2 aromatic rings. The highest BCUT2D eigenvalue weighted by Crippen LogP contribution is 2.21.